The van der Waals surface area contributed by atoms with E-state index in [0.29, 0.717) is 28.1 Å². The monoisotopic (exact) mass is 488 g/mol. The third-order valence-electron chi connectivity index (χ3n) is 3.95. The highest BCUT2D eigenvalue weighted by Gasteiger charge is 2.13. The molecular weight excluding hydrogens is 472 g/mol. The van der Waals surface area contributed by atoms with Crippen molar-refractivity contribution in [2.45, 2.75) is 13.3 Å². The highest BCUT2D eigenvalue weighted by atomic mass is 79.9. The number of benzene rings is 3. The molecule has 0 radical (unpaired) electrons. The number of esters is 1. The quantitative estimate of drug-likeness (QED) is 0.298. The molecule has 138 valence electrons. The lowest BCUT2D eigenvalue weighted by Crippen LogP contribution is -2.09. The number of aryl methyl sites for hydroxylation is 1. The van der Waals surface area contributed by atoms with Crippen LogP contribution in [0.25, 0.3) is 0 Å². The molecule has 0 saturated heterocycles. The third kappa shape index (κ3) is 5.44. The molecule has 3 rings (SSSR count). The van der Waals surface area contributed by atoms with E-state index in [-0.39, 0.29) is 0 Å². The van der Waals surface area contributed by atoms with Gasteiger partial charge in [-0.05, 0) is 80.2 Å². The minimum absolute atomic E-state index is 0.420. The first-order valence-corrected chi connectivity index (χ1v) is 10.1. The molecule has 0 N–H and O–H groups in total. The molecule has 0 heterocycles. The Morgan fingerprint density at radius 2 is 1.59 bits per heavy atom. The molecular formula is C22H18Br2O3. The van der Waals surface area contributed by atoms with Crippen molar-refractivity contribution in [2.24, 2.45) is 0 Å². The zero-order valence-corrected chi connectivity index (χ0v) is 17.9. The van der Waals surface area contributed by atoms with Gasteiger partial charge in [0.05, 0.1) is 21.1 Å². The molecule has 3 nitrogen and oxygen atoms in total. The van der Waals surface area contributed by atoms with E-state index >= 15 is 0 Å². The van der Waals surface area contributed by atoms with Crippen LogP contribution < -0.4 is 9.47 Å². The lowest BCUT2D eigenvalue weighted by atomic mass is 10.2. The standard InChI is InChI=1S/C22H18Br2O3/c1-15-7-9-21(18(23)13-15)27-22(25)17-8-10-20(19(24)14-17)26-12-11-16-5-3-2-4-6-16/h2-10,13-14H,11-12H2,1H3. The Bertz CT molecular complexity index is 940. The molecule has 0 atom stereocenters. The first kappa shape index (κ1) is 19.6. The minimum atomic E-state index is -0.420. The van der Waals surface area contributed by atoms with E-state index in [1.807, 2.05) is 37.3 Å². The lowest BCUT2D eigenvalue weighted by Gasteiger charge is -2.11. The van der Waals surface area contributed by atoms with Crippen LogP contribution in [0.2, 0.25) is 0 Å². The maximum atomic E-state index is 12.4. The molecule has 0 saturated carbocycles. The topological polar surface area (TPSA) is 35.5 Å². The predicted octanol–water partition coefficient (Wildman–Crippen LogP) is 6.36. The summed E-state index contributed by atoms with van der Waals surface area (Å²) < 4.78 is 12.8. The Morgan fingerprint density at radius 3 is 2.30 bits per heavy atom. The van der Waals surface area contributed by atoms with Crippen LogP contribution in [-0.4, -0.2) is 12.6 Å². The molecule has 3 aromatic carbocycles. The first-order valence-electron chi connectivity index (χ1n) is 8.47. The Hall–Kier alpha value is -2.11. The van der Waals surface area contributed by atoms with Crippen molar-refractivity contribution in [3.63, 3.8) is 0 Å². The van der Waals surface area contributed by atoms with Crippen LogP contribution in [0.3, 0.4) is 0 Å². The van der Waals surface area contributed by atoms with Crippen LogP contribution in [0.4, 0.5) is 0 Å². The van der Waals surface area contributed by atoms with Gasteiger partial charge >= 0.3 is 5.97 Å². The number of halogens is 2. The molecule has 27 heavy (non-hydrogen) atoms. The molecule has 0 aliphatic carbocycles. The average molecular weight is 490 g/mol. The van der Waals surface area contributed by atoms with Gasteiger partial charge in [-0.2, -0.15) is 0 Å². The SMILES string of the molecule is Cc1ccc(OC(=O)c2ccc(OCCc3ccccc3)c(Br)c2)c(Br)c1. The highest BCUT2D eigenvalue weighted by molar-refractivity contribution is 9.10. The molecule has 0 aromatic heterocycles. The summed E-state index contributed by atoms with van der Waals surface area (Å²) >= 11 is 6.88. The van der Waals surface area contributed by atoms with E-state index in [4.69, 9.17) is 9.47 Å². The van der Waals surface area contributed by atoms with E-state index in [1.54, 1.807) is 24.3 Å². The summed E-state index contributed by atoms with van der Waals surface area (Å²) in [4.78, 5) is 12.4. The summed E-state index contributed by atoms with van der Waals surface area (Å²) in [7, 11) is 0. The van der Waals surface area contributed by atoms with E-state index < -0.39 is 5.97 Å². The molecule has 3 aromatic rings. The second-order valence-electron chi connectivity index (χ2n) is 6.05. The smallest absolute Gasteiger partial charge is 0.343 e. The van der Waals surface area contributed by atoms with Gasteiger partial charge in [0, 0.05) is 6.42 Å². The number of carbonyl (C=O) groups is 1. The average Bonchev–Trinajstić information content (AvgIpc) is 2.66. The van der Waals surface area contributed by atoms with Crippen LogP contribution in [0, 0.1) is 6.92 Å². The molecule has 0 fully saturated rings. The van der Waals surface area contributed by atoms with Crippen molar-refractivity contribution in [1.29, 1.82) is 0 Å². The summed E-state index contributed by atoms with van der Waals surface area (Å²) in [5.74, 6) is 0.764. The van der Waals surface area contributed by atoms with Gasteiger partial charge in [0.25, 0.3) is 0 Å². The van der Waals surface area contributed by atoms with Crippen molar-refractivity contribution in [3.05, 3.63) is 92.4 Å². The number of rotatable bonds is 6. The van der Waals surface area contributed by atoms with E-state index in [0.717, 1.165) is 16.5 Å². The lowest BCUT2D eigenvalue weighted by molar-refractivity contribution is 0.0733. The Kier molecular flexibility index (Phi) is 6.69. The third-order valence-corrected chi connectivity index (χ3v) is 5.19. The summed E-state index contributed by atoms with van der Waals surface area (Å²) in [6.45, 7) is 2.53. The van der Waals surface area contributed by atoms with Gasteiger partial charge in [0.15, 0.2) is 0 Å². The van der Waals surface area contributed by atoms with Crippen molar-refractivity contribution in [1.82, 2.24) is 0 Å². The van der Waals surface area contributed by atoms with Gasteiger partial charge in [-0.1, -0.05) is 36.4 Å². The zero-order valence-electron chi connectivity index (χ0n) is 14.7. The van der Waals surface area contributed by atoms with Crippen LogP contribution in [-0.2, 0) is 6.42 Å². The summed E-state index contributed by atoms with van der Waals surface area (Å²) in [5.41, 5.74) is 2.75. The summed E-state index contributed by atoms with van der Waals surface area (Å²) in [5, 5.41) is 0. The molecule has 0 unspecified atom stereocenters. The maximum Gasteiger partial charge on any atom is 0.343 e. The van der Waals surface area contributed by atoms with Crippen LogP contribution in [0.5, 0.6) is 11.5 Å². The normalized spacial score (nSPS) is 10.5. The minimum Gasteiger partial charge on any atom is -0.492 e. The van der Waals surface area contributed by atoms with Crippen molar-refractivity contribution < 1.29 is 14.3 Å². The van der Waals surface area contributed by atoms with Crippen molar-refractivity contribution >= 4 is 37.8 Å². The fraction of sp³-hybridized carbons (Fsp3) is 0.136. The van der Waals surface area contributed by atoms with Crippen molar-refractivity contribution in [2.75, 3.05) is 6.61 Å². The van der Waals surface area contributed by atoms with E-state index in [1.165, 1.54) is 5.56 Å². The van der Waals surface area contributed by atoms with E-state index in [9.17, 15) is 4.79 Å². The Balaban J connectivity index is 1.62. The van der Waals surface area contributed by atoms with Crippen LogP contribution >= 0.6 is 31.9 Å². The summed E-state index contributed by atoms with van der Waals surface area (Å²) in [6.07, 6.45) is 0.818. The van der Waals surface area contributed by atoms with Gasteiger partial charge in [-0.25, -0.2) is 4.79 Å². The second-order valence-corrected chi connectivity index (χ2v) is 7.76. The molecule has 0 amide bonds. The van der Waals surface area contributed by atoms with E-state index in [2.05, 4.69) is 44.0 Å². The summed E-state index contributed by atoms with van der Waals surface area (Å²) in [6, 6.07) is 20.9. The number of carbonyl (C=O) groups excluding carboxylic acids is 1. The van der Waals surface area contributed by atoms with Crippen molar-refractivity contribution in [3.8, 4) is 11.5 Å². The second kappa shape index (κ2) is 9.20. The predicted molar refractivity (Wildman–Crippen MR) is 114 cm³/mol. The largest absolute Gasteiger partial charge is 0.492 e. The Labute approximate surface area is 175 Å². The molecule has 0 bridgehead atoms. The van der Waals surface area contributed by atoms with Crippen LogP contribution in [0.15, 0.2) is 75.7 Å². The maximum absolute atomic E-state index is 12.4. The van der Waals surface area contributed by atoms with Gasteiger partial charge in [-0.15, -0.1) is 0 Å². The number of hydrogen-bond donors (Lipinski definition) is 0. The van der Waals surface area contributed by atoms with Gasteiger partial charge in [0.2, 0.25) is 0 Å². The highest BCUT2D eigenvalue weighted by Crippen LogP contribution is 2.29. The fourth-order valence-corrected chi connectivity index (χ4v) is 3.58. The molecule has 0 spiro atoms. The van der Waals surface area contributed by atoms with Gasteiger partial charge in [-0.3, -0.25) is 0 Å². The Morgan fingerprint density at radius 1 is 0.889 bits per heavy atom. The van der Waals surface area contributed by atoms with Gasteiger partial charge < -0.3 is 9.47 Å². The molecule has 0 aliphatic rings. The fourth-order valence-electron chi connectivity index (χ4n) is 2.52. The van der Waals surface area contributed by atoms with Gasteiger partial charge in [0.1, 0.15) is 11.5 Å². The zero-order chi connectivity index (χ0) is 19.2. The molecule has 5 heteroatoms. The number of hydrogen-bond acceptors (Lipinski definition) is 3. The number of ether oxygens (including phenoxy) is 2. The van der Waals surface area contributed by atoms with Crippen LogP contribution in [0.1, 0.15) is 21.5 Å². The first-order chi connectivity index (χ1) is 13.0. The molecule has 0 aliphatic heterocycles.